The normalized spacial score (nSPS) is 21.3. The number of nitrogens with zero attached hydrogens (tertiary/aromatic N) is 3. The number of hydrogen-bond acceptors (Lipinski definition) is 4. The van der Waals surface area contributed by atoms with Gasteiger partial charge in [0.05, 0.1) is 18.8 Å². The predicted octanol–water partition coefficient (Wildman–Crippen LogP) is 2.85. The van der Waals surface area contributed by atoms with Gasteiger partial charge < -0.3 is 20.0 Å². The van der Waals surface area contributed by atoms with Gasteiger partial charge in [0, 0.05) is 31.6 Å². The van der Waals surface area contributed by atoms with Gasteiger partial charge in [-0.2, -0.15) is 0 Å². The van der Waals surface area contributed by atoms with Crippen LogP contribution in [0.2, 0.25) is 0 Å². The third-order valence-electron chi connectivity index (χ3n) is 5.81. The molecule has 0 radical (unpaired) electrons. The van der Waals surface area contributed by atoms with Crippen molar-refractivity contribution in [3.8, 4) is 0 Å². The van der Waals surface area contributed by atoms with Crippen molar-refractivity contribution in [3.63, 3.8) is 0 Å². The molecule has 1 saturated carbocycles. The molecule has 8 heteroatoms. The monoisotopic (exact) mass is 517 g/mol. The molecular weight excluding hydrogens is 481 g/mol. The number of halogens is 1. The van der Waals surface area contributed by atoms with Crippen molar-refractivity contribution in [2.45, 2.75) is 51.1 Å². The van der Waals surface area contributed by atoms with E-state index in [1.807, 2.05) is 31.1 Å². The van der Waals surface area contributed by atoms with E-state index < -0.39 is 0 Å². The molecule has 2 unspecified atom stereocenters. The molecule has 164 valence electrons. The number of hydrogen-bond donors (Lipinski definition) is 2. The summed E-state index contributed by atoms with van der Waals surface area (Å²) < 4.78 is 5.58. The van der Waals surface area contributed by atoms with Gasteiger partial charge in [-0.3, -0.25) is 14.7 Å². The summed E-state index contributed by atoms with van der Waals surface area (Å²) in [6.07, 6.45) is 7.20. The number of carbonyl (C=O) groups excluding carboxylic acids is 1. The van der Waals surface area contributed by atoms with Crippen LogP contribution in [0.1, 0.15) is 50.8 Å². The minimum Gasteiger partial charge on any atom is -0.468 e. The van der Waals surface area contributed by atoms with Gasteiger partial charge in [0.1, 0.15) is 5.76 Å². The van der Waals surface area contributed by atoms with E-state index in [0.29, 0.717) is 12.5 Å². The van der Waals surface area contributed by atoms with Crippen LogP contribution >= 0.6 is 24.0 Å². The lowest BCUT2D eigenvalue weighted by Crippen LogP contribution is -2.45. The standard InChI is InChI=1S/C21H35N5O2.HI/c1-4-22-21(23-14-18(25(2)3)19-10-7-13-28-19)24-17-11-12-26(15-17)20(27)16-8-5-6-9-16;/h7,10,13,16-18H,4-6,8-9,11-12,14-15H2,1-3H3,(H2,22,23,24);1H. The molecule has 2 atom stereocenters. The van der Waals surface area contributed by atoms with Crippen LogP contribution < -0.4 is 10.6 Å². The minimum atomic E-state index is 0. The first-order valence-corrected chi connectivity index (χ1v) is 10.6. The maximum atomic E-state index is 12.7. The maximum Gasteiger partial charge on any atom is 0.225 e. The van der Waals surface area contributed by atoms with Gasteiger partial charge in [0.2, 0.25) is 5.91 Å². The number of rotatable bonds is 7. The van der Waals surface area contributed by atoms with Gasteiger partial charge in [-0.1, -0.05) is 12.8 Å². The van der Waals surface area contributed by atoms with E-state index in [0.717, 1.165) is 50.6 Å². The molecular formula is C21H36IN5O2. The number of guanidine groups is 1. The largest absolute Gasteiger partial charge is 0.468 e. The maximum absolute atomic E-state index is 12.7. The fourth-order valence-corrected chi connectivity index (χ4v) is 4.19. The van der Waals surface area contributed by atoms with E-state index in [2.05, 4.69) is 22.5 Å². The molecule has 1 saturated heterocycles. The van der Waals surface area contributed by atoms with Crippen molar-refractivity contribution >= 4 is 35.8 Å². The average Bonchev–Trinajstić information content (AvgIpc) is 3.43. The van der Waals surface area contributed by atoms with Crippen molar-refractivity contribution in [2.24, 2.45) is 10.9 Å². The first-order chi connectivity index (χ1) is 13.6. The second kappa shape index (κ2) is 11.8. The third kappa shape index (κ3) is 6.60. The number of carbonyl (C=O) groups is 1. The first-order valence-electron chi connectivity index (χ1n) is 10.6. The lowest BCUT2D eigenvalue weighted by atomic mass is 10.1. The Bertz CT molecular complexity index is 644. The molecule has 2 aliphatic rings. The highest BCUT2D eigenvalue weighted by Gasteiger charge is 2.32. The van der Waals surface area contributed by atoms with Crippen molar-refractivity contribution in [3.05, 3.63) is 24.2 Å². The average molecular weight is 517 g/mol. The van der Waals surface area contributed by atoms with E-state index in [4.69, 9.17) is 9.41 Å². The second-order valence-electron chi connectivity index (χ2n) is 8.11. The Hall–Kier alpha value is -1.29. The van der Waals surface area contributed by atoms with Gasteiger partial charge in [-0.05, 0) is 52.4 Å². The molecule has 1 aromatic rings. The number of likely N-dealkylation sites (tertiary alicyclic amines) is 1. The highest BCUT2D eigenvalue weighted by Crippen LogP contribution is 2.27. The zero-order valence-corrected chi connectivity index (χ0v) is 20.2. The van der Waals surface area contributed by atoms with E-state index in [-0.39, 0.29) is 42.0 Å². The zero-order valence-electron chi connectivity index (χ0n) is 17.9. The van der Waals surface area contributed by atoms with Gasteiger partial charge in [-0.25, -0.2) is 0 Å². The van der Waals surface area contributed by atoms with E-state index >= 15 is 0 Å². The Morgan fingerprint density at radius 3 is 2.72 bits per heavy atom. The molecule has 3 rings (SSSR count). The molecule has 1 amide bonds. The highest BCUT2D eigenvalue weighted by atomic mass is 127. The first kappa shape index (κ1) is 24.0. The molecule has 0 aromatic carbocycles. The minimum absolute atomic E-state index is 0. The van der Waals surface area contributed by atoms with Crippen LogP contribution in [0.15, 0.2) is 27.8 Å². The second-order valence-corrected chi connectivity index (χ2v) is 8.11. The Kier molecular flexibility index (Phi) is 9.74. The Morgan fingerprint density at radius 2 is 2.10 bits per heavy atom. The fraction of sp³-hybridized carbons (Fsp3) is 0.714. The Balaban J connectivity index is 0.00000300. The van der Waals surface area contributed by atoms with Crippen LogP contribution in [0.5, 0.6) is 0 Å². The fourth-order valence-electron chi connectivity index (χ4n) is 4.19. The molecule has 2 fully saturated rings. The summed E-state index contributed by atoms with van der Waals surface area (Å²) in [5.74, 6) is 2.34. The smallest absolute Gasteiger partial charge is 0.225 e. The van der Waals surface area contributed by atoms with Gasteiger partial charge >= 0.3 is 0 Å². The van der Waals surface area contributed by atoms with Crippen LogP contribution in [0, 0.1) is 5.92 Å². The number of aliphatic imine (C=N–C) groups is 1. The summed E-state index contributed by atoms with van der Waals surface area (Å²) in [6, 6.07) is 4.25. The highest BCUT2D eigenvalue weighted by molar-refractivity contribution is 14.0. The molecule has 2 N–H and O–H groups in total. The molecule has 29 heavy (non-hydrogen) atoms. The number of likely N-dealkylation sites (N-methyl/N-ethyl adjacent to an activating group) is 1. The van der Waals surface area contributed by atoms with Crippen LogP contribution in [0.4, 0.5) is 0 Å². The summed E-state index contributed by atoms with van der Waals surface area (Å²) in [5, 5.41) is 6.86. The SMILES string of the molecule is CCNC(=NCC(c1ccco1)N(C)C)NC1CCN(C(=O)C2CCCC2)C1.I. The van der Waals surface area contributed by atoms with Crippen LogP contribution in [-0.4, -0.2) is 68.0 Å². The van der Waals surface area contributed by atoms with E-state index in [1.54, 1.807) is 6.26 Å². The van der Waals surface area contributed by atoms with Crippen LogP contribution in [-0.2, 0) is 4.79 Å². The molecule has 1 aliphatic carbocycles. The lowest BCUT2D eigenvalue weighted by molar-refractivity contribution is -0.134. The third-order valence-corrected chi connectivity index (χ3v) is 5.81. The number of amides is 1. The lowest BCUT2D eigenvalue weighted by Gasteiger charge is -2.23. The molecule has 2 heterocycles. The van der Waals surface area contributed by atoms with Crippen LogP contribution in [0.25, 0.3) is 0 Å². The molecule has 1 aliphatic heterocycles. The Morgan fingerprint density at radius 1 is 1.34 bits per heavy atom. The molecule has 0 spiro atoms. The van der Waals surface area contributed by atoms with Crippen molar-refractivity contribution in [1.82, 2.24) is 20.4 Å². The zero-order chi connectivity index (χ0) is 19.9. The summed E-state index contributed by atoms with van der Waals surface area (Å²) in [4.78, 5) is 21.6. The molecule has 0 bridgehead atoms. The number of nitrogens with one attached hydrogen (secondary N) is 2. The van der Waals surface area contributed by atoms with E-state index in [1.165, 1.54) is 12.8 Å². The summed E-state index contributed by atoms with van der Waals surface area (Å²) in [5.41, 5.74) is 0. The summed E-state index contributed by atoms with van der Waals surface area (Å²) in [6.45, 7) is 5.09. The number of furan rings is 1. The van der Waals surface area contributed by atoms with Crippen molar-refractivity contribution < 1.29 is 9.21 Å². The summed E-state index contributed by atoms with van der Waals surface area (Å²) in [7, 11) is 4.07. The quantitative estimate of drug-likeness (QED) is 0.331. The topological polar surface area (TPSA) is 73.1 Å². The molecule has 1 aromatic heterocycles. The van der Waals surface area contributed by atoms with E-state index in [9.17, 15) is 4.79 Å². The van der Waals surface area contributed by atoms with Crippen molar-refractivity contribution in [1.29, 1.82) is 0 Å². The van der Waals surface area contributed by atoms with Gasteiger partial charge in [-0.15, -0.1) is 24.0 Å². The van der Waals surface area contributed by atoms with Crippen molar-refractivity contribution in [2.75, 3.05) is 40.3 Å². The van der Waals surface area contributed by atoms with Gasteiger partial charge in [0.15, 0.2) is 5.96 Å². The predicted molar refractivity (Wildman–Crippen MR) is 127 cm³/mol. The van der Waals surface area contributed by atoms with Gasteiger partial charge in [0.25, 0.3) is 0 Å². The summed E-state index contributed by atoms with van der Waals surface area (Å²) >= 11 is 0. The molecule has 7 nitrogen and oxygen atoms in total. The Labute approximate surface area is 191 Å². The van der Waals surface area contributed by atoms with Crippen LogP contribution in [0.3, 0.4) is 0 Å².